The highest BCUT2D eigenvalue weighted by atomic mass is 35.5. The van der Waals surface area contributed by atoms with Crippen molar-refractivity contribution >= 4 is 140 Å². The molecule has 2 saturated carbocycles. The molecule has 6 amide bonds. The van der Waals surface area contributed by atoms with Gasteiger partial charge in [-0.15, -0.1) is 0 Å². The fourth-order valence-corrected chi connectivity index (χ4v) is 13.8. The lowest BCUT2D eigenvalue weighted by Crippen LogP contribution is -2.48. The van der Waals surface area contributed by atoms with Crippen LogP contribution >= 0.6 is 46.4 Å². The highest BCUT2D eigenvalue weighted by molar-refractivity contribution is 6.43. The van der Waals surface area contributed by atoms with E-state index in [9.17, 15) is 28.8 Å². The number of piperidine rings is 2. The number of urea groups is 2. The van der Waals surface area contributed by atoms with Crippen molar-refractivity contribution in [3.8, 4) is 23.0 Å². The summed E-state index contributed by atoms with van der Waals surface area (Å²) in [6.07, 6.45) is 12.6. The number of methoxy groups -OCH3 is 4. The number of ketones is 2. The van der Waals surface area contributed by atoms with Gasteiger partial charge in [-0.25, -0.2) is 44.0 Å². The lowest BCUT2D eigenvalue weighted by molar-refractivity contribution is -0.114. The molecule has 0 spiro atoms. The number of ether oxygens (including phenoxy) is 6. The van der Waals surface area contributed by atoms with Gasteiger partial charge in [0.25, 0.3) is 0 Å². The van der Waals surface area contributed by atoms with Crippen LogP contribution in [0.15, 0.2) is 98.6 Å². The maximum absolute atomic E-state index is 14.6. The molecule has 6 aromatic rings. The van der Waals surface area contributed by atoms with Crippen LogP contribution in [0.5, 0.6) is 23.0 Å². The fourth-order valence-electron chi connectivity index (χ4n) is 12.5. The molecule has 0 unspecified atom stereocenters. The zero-order valence-corrected chi connectivity index (χ0v) is 65.5. The largest absolute Gasteiger partial charge is 0.495 e. The monoisotopic (exact) mass is 1530 g/mol. The van der Waals surface area contributed by atoms with Gasteiger partial charge in [0.15, 0.2) is 11.6 Å². The second kappa shape index (κ2) is 35.0. The van der Waals surface area contributed by atoms with E-state index in [2.05, 4.69) is 89.6 Å². The summed E-state index contributed by atoms with van der Waals surface area (Å²) in [6.45, 7) is 21.0. The Morgan fingerprint density at radius 3 is 1.42 bits per heavy atom. The summed E-state index contributed by atoms with van der Waals surface area (Å²) in [7, 11) is 13.0. The van der Waals surface area contributed by atoms with Gasteiger partial charge in [0.1, 0.15) is 95.9 Å². The van der Waals surface area contributed by atoms with Crippen molar-refractivity contribution in [2.24, 2.45) is 0 Å². The highest BCUT2D eigenvalue weighted by Gasteiger charge is 2.40. The van der Waals surface area contributed by atoms with Crippen molar-refractivity contribution in [1.29, 1.82) is 0 Å². The number of amides is 6. The van der Waals surface area contributed by atoms with Crippen LogP contribution < -0.4 is 59.0 Å². The van der Waals surface area contributed by atoms with Crippen molar-refractivity contribution in [3.63, 3.8) is 0 Å². The highest BCUT2D eigenvalue weighted by Crippen LogP contribution is 2.48. The quantitative estimate of drug-likeness (QED) is 0.0534. The molecule has 4 heterocycles. The molecule has 2 aromatic heterocycles. The Bertz CT molecular complexity index is 4190. The molecular formula is C76H94Cl4N14O12. The van der Waals surface area contributed by atoms with Crippen LogP contribution in [0.3, 0.4) is 0 Å². The zero-order valence-electron chi connectivity index (χ0n) is 62.5. The first-order valence-electron chi connectivity index (χ1n) is 34.8. The van der Waals surface area contributed by atoms with Gasteiger partial charge < -0.3 is 58.7 Å². The normalized spacial score (nSPS) is 14.8. The van der Waals surface area contributed by atoms with Gasteiger partial charge in [0, 0.05) is 119 Å². The minimum atomic E-state index is -1.11. The van der Waals surface area contributed by atoms with Gasteiger partial charge in [0.05, 0.1) is 39.8 Å². The Kier molecular flexibility index (Phi) is 26.7. The second-order valence-corrected chi connectivity index (χ2v) is 29.7. The number of halogens is 4. The first-order valence-corrected chi connectivity index (χ1v) is 36.3. The van der Waals surface area contributed by atoms with Gasteiger partial charge >= 0.3 is 24.2 Å². The molecule has 0 bridgehead atoms. The summed E-state index contributed by atoms with van der Waals surface area (Å²) in [5.74, 6) is 1.06. The van der Waals surface area contributed by atoms with Crippen LogP contribution in [0.4, 0.5) is 76.6 Å². The predicted octanol–water partition coefficient (Wildman–Crippen LogP) is 15.8. The molecule has 30 heteroatoms. The molecule has 2 N–H and O–H groups in total. The van der Waals surface area contributed by atoms with Crippen LogP contribution in [-0.2, 0) is 31.9 Å². The predicted molar refractivity (Wildman–Crippen MR) is 418 cm³/mol. The van der Waals surface area contributed by atoms with Crippen LogP contribution in [0, 0.1) is 0 Å². The lowest BCUT2D eigenvalue weighted by Gasteiger charge is -2.38. The zero-order chi connectivity index (χ0) is 77.2. The summed E-state index contributed by atoms with van der Waals surface area (Å²) in [6, 6.07) is 18.6. The minimum absolute atomic E-state index is 0.000752. The second-order valence-electron chi connectivity index (χ2n) is 28.2. The minimum Gasteiger partial charge on any atom is -0.495 e. The molecule has 106 heavy (non-hydrogen) atoms. The maximum Gasteiger partial charge on any atom is 0.423 e. The number of rotatable bonds is 24. The molecule has 2 aliphatic heterocycles. The van der Waals surface area contributed by atoms with Crippen molar-refractivity contribution in [3.05, 3.63) is 130 Å². The molecule has 2 aliphatic carbocycles. The number of allylic oxidation sites excluding steroid dienone is 2. The van der Waals surface area contributed by atoms with E-state index in [4.69, 9.17) is 74.8 Å². The third kappa shape index (κ3) is 19.9. The number of nitrogens with zero attached hydrogens (tertiary/aromatic N) is 12. The van der Waals surface area contributed by atoms with Gasteiger partial charge in [-0.05, 0) is 167 Å². The first-order chi connectivity index (χ1) is 50.3. The number of carbonyl (C=O) groups excluding carboxylic acids is 6. The maximum atomic E-state index is 14.6. The van der Waals surface area contributed by atoms with Crippen LogP contribution in [-0.4, -0.2) is 184 Å². The van der Waals surface area contributed by atoms with Crippen LogP contribution in [0.25, 0.3) is 0 Å². The van der Waals surface area contributed by atoms with Gasteiger partial charge in [-0.3, -0.25) is 19.4 Å². The molecule has 4 fully saturated rings. The van der Waals surface area contributed by atoms with E-state index >= 15 is 0 Å². The van der Waals surface area contributed by atoms with Crippen LogP contribution in [0.2, 0.25) is 20.1 Å². The topological polar surface area (TPSA) is 259 Å². The standard InChI is InChI=1S/C43H55Cl2N7O8.C33H39Cl2N7O4/c1-12-30(53)22-26-21-29(50-19-17-28(18-20-50)48(8)27-13-14-27)15-16-31(26)51(40(55)59-42(2,3)4)35-24-34(46-25-47-35)49(9)39(54)52(41(56)60-43(5,6)7)38-36(44)32(57-10)23-33(58-11)37(38)45;1-6-24(43)16-20-15-23(42-13-11-22(12-14-42)40(2)21-7-8-21)9-10-25(20)38-28-18-29(37-19-36-28)41(3)33(44)39-32-30(34)26(45-4)17-27(46-5)31(32)35/h12,15-16,21,23-25,27-28H,1,13-14,17-20,22H2,2-11H3;6,9-10,15,17-19,21-22H,1,7-8,11-14,16H2,2-5H3,(H,39,44)(H,36,37,38). The number of carbonyl (C=O) groups is 6. The van der Waals surface area contributed by atoms with Crippen molar-refractivity contribution in [1.82, 2.24) is 29.7 Å². The Morgan fingerprint density at radius 1 is 0.528 bits per heavy atom. The van der Waals surface area contributed by atoms with Gasteiger partial charge in [-0.2, -0.15) is 4.90 Å². The average molecular weight is 1540 g/mol. The number of benzene rings is 4. The van der Waals surface area contributed by atoms with Crippen LogP contribution in [0.1, 0.15) is 104 Å². The summed E-state index contributed by atoms with van der Waals surface area (Å²) < 4.78 is 32.9. The van der Waals surface area contributed by atoms with Gasteiger partial charge in [-0.1, -0.05) is 59.6 Å². The summed E-state index contributed by atoms with van der Waals surface area (Å²) in [5, 5.41) is 5.93. The average Bonchev–Trinajstić information content (AvgIpc) is 1.46. The number of hydrogen-bond donors (Lipinski definition) is 2. The number of aromatic nitrogens is 4. The first kappa shape index (κ1) is 80.9. The molecule has 4 aromatic carbocycles. The van der Waals surface area contributed by atoms with E-state index < -0.39 is 35.5 Å². The lowest BCUT2D eigenvalue weighted by atomic mass is 10.0. The third-order valence-corrected chi connectivity index (χ3v) is 20.1. The molecule has 4 aliphatic rings. The van der Waals surface area contributed by atoms with Crippen molar-refractivity contribution < 1.29 is 57.2 Å². The number of hydrogen-bond acceptors (Lipinski definition) is 21. The molecule has 10 rings (SSSR count). The Balaban J connectivity index is 0.000000254. The smallest absolute Gasteiger partial charge is 0.423 e. The number of anilines is 10. The number of imide groups is 1. The van der Waals surface area contributed by atoms with E-state index in [0.29, 0.717) is 45.9 Å². The third-order valence-electron chi connectivity index (χ3n) is 18.6. The molecule has 26 nitrogen and oxygen atoms in total. The fraction of sp³-hybridized carbons (Fsp3) is 0.447. The molecular weight excluding hydrogens is 1440 g/mol. The Labute approximate surface area is 639 Å². The Morgan fingerprint density at radius 2 is 0.953 bits per heavy atom. The summed E-state index contributed by atoms with van der Waals surface area (Å²) >= 11 is 26.3. The van der Waals surface area contributed by atoms with E-state index in [1.54, 1.807) is 60.7 Å². The van der Waals surface area contributed by atoms with E-state index in [-0.39, 0.29) is 90.5 Å². The Hall–Kier alpha value is -9.18. The van der Waals surface area contributed by atoms with E-state index in [1.807, 2.05) is 18.2 Å². The SMILES string of the molecule is C=CC(=O)Cc1cc(N2CCC(N(C)C3CC3)CC2)ccc1N(C(=O)OC(C)(C)C)c1cc(N(C)C(=O)N(C(=O)OC(C)(C)C)c2c(Cl)c(OC)cc(OC)c2Cl)ncn1.C=CC(=O)Cc1cc(N2CCC(N(C)C3CC3)CC2)ccc1Nc1cc(N(C)C(=O)Nc2c(Cl)c(OC)cc(OC)c2Cl)ncn1. The molecule has 0 radical (unpaired) electrons. The van der Waals surface area contributed by atoms with Crippen molar-refractivity contribution in [2.45, 2.75) is 141 Å². The summed E-state index contributed by atoms with van der Waals surface area (Å²) in [5.41, 5.74) is 2.28. The van der Waals surface area contributed by atoms with Crippen molar-refractivity contribution in [2.75, 3.05) is 123 Å². The van der Waals surface area contributed by atoms with Gasteiger partial charge in [0.2, 0.25) is 0 Å². The number of nitrogens with one attached hydrogen (secondary N) is 2. The molecule has 568 valence electrons. The molecule has 0 atom stereocenters. The van der Waals surface area contributed by atoms with E-state index in [1.165, 1.54) is 108 Å². The summed E-state index contributed by atoms with van der Waals surface area (Å²) in [4.78, 5) is 113. The van der Waals surface area contributed by atoms with E-state index in [0.717, 1.165) is 91.8 Å². The molecule has 2 saturated heterocycles.